The van der Waals surface area contributed by atoms with E-state index in [1.54, 1.807) is 0 Å². The lowest BCUT2D eigenvalue weighted by Crippen LogP contribution is -2.55. The van der Waals surface area contributed by atoms with Crippen LogP contribution in [0.15, 0.2) is 24.3 Å². The molecule has 1 heterocycles. The van der Waals surface area contributed by atoms with Gasteiger partial charge in [0.25, 0.3) is 0 Å². The standard InChI is InChI=1S/C19H25NO4/c1-19(10-5-4-8-15(19)18(22)23)20-17(21)12-16-14-7-3-2-6-13(14)9-11-24-16/h2-3,6-7,15-16H,4-5,8-12H2,1H3,(H,20,21)(H,22,23). The Morgan fingerprint density at radius 2 is 2.12 bits per heavy atom. The van der Waals surface area contributed by atoms with Crippen LogP contribution in [0.3, 0.4) is 0 Å². The normalized spacial score (nSPS) is 29.5. The number of hydrogen-bond acceptors (Lipinski definition) is 3. The van der Waals surface area contributed by atoms with E-state index in [9.17, 15) is 14.7 Å². The number of carboxylic acid groups (broad SMARTS) is 1. The second-order valence-corrected chi connectivity index (χ2v) is 7.11. The quantitative estimate of drug-likeness (QED) is 0.889. The van der Waals surface area contributed by atoms with Gasteiger partial charge in [0.05, 0.1) is 30.6 Å². The van der Waals surface area contributed by atoms with Crippen molar-refractivity contribution in [1.82, 2.24) is 5.32 Å². The van der Waals surface area contributed by atoms with Crippen molar-refractivity contribution in [2.45, 2.75) is 57.1 Å². The van der Waals surface area contributed by atoms with Crippen molar-refractivity contribution in [1.29, 1.82) is 0 Å². The second-order valence-electron chi connectivity index (χ2n) is 7.11. The SMILES string of the molecule is CC1(NC(=O)CC2OCCc3ccccc32)CCCCC1C(=O)O. The van der Waals surface area contributed by atoms with Crippen LogP contribution in [0, 0.1) is 5.92 Å². The van der Waals surface area contributed by atoms with Crippen LogP contribution in [0.1, 0.15) is 56.3 Å². The van der Waals surface area contributed by atoms with Gasteiger partial charge in [-0.3, -0.25) is 9.59 Å². The highest BCUT2D eigenvalue weighted by Gasteiger charge is 2.42. The highest BCUT2D eigenvalue weighted by molar-refractivity contribution is 5.80. The van der Waals surface area contributed by atoms with E-state index in [-0.39, 0.29) is 18.4 Å². The van der Waals surface area contributed by atoms with Gasteiger partial charge in [-0.2, -0.15) is 0 Å². The highest BCUT2D eigenvalue weighted by Crippen LogP contribution is 2.35. The van der Waals surface area contributed by atoms with Crippen LogP contribution in [0.5, 0.6) is 0 Å². The molecule has 24 heavy (non-hydrogen) atoms. The summed E-state index contributed by atoms with van der Waals surface area (Å²) in [6, 6.07) is 8.05. The Morgan fingerprint density at radius 1 is 1.33 bits per heavy atom. The number of benzene rings is 1. The molecule has 1 aliphatic carbocycles. The minimum absolute atomic E-state index is 0.132. The maximum atomic E-state index is 12.6. The summed E-state index contributed by atoms with van der Waals surface area (Å²) in [6.45, 7) is 2.47. The number of carbonyl (C=O) groups excluding carboxylic acids is 1. The summed E-state index contributed by atoms with van der Waals surface area (Å²) in [7, 11) is 0. The summed E-state index contributed by atoms with van der Waals surface area (Å²) in [5.74, 6) is -1.47. The molecule has 5 nitrogen and oxygen atoms in total. The largest absolute Gasteiger partial charge is 0.481 e. The molecule has 0 saturated heterocycles. The third-order valence-corrected chi connectivity index (χ3v) is 5.39. The molecule has 3 atom stereocenters. The number of ether oxygens (including phenoxy) is 1. The number of hydrogen-bond donors (Lipinski definition) is 2. The molecule has 3 unspecified atom stereocenters. The lowest BCUT2D eigenvalue weighted by Gasteiger charge is -2.40. The Bertz CT molecular complexity index is 630. The van der Waals surface area contributed by atoms with Crippen molar-refractivity contribution in [2.75, 3.05) is 6.61 Å². The maximum Gasteiger partial charge on any atom is 0.308 e. The van der Waals surface area contributed by atoms with Crippen LogP contribution in [0.25, 0.3) is 0 Å². The molecular formula is C19H25NO4. The van der Waals surface area contributed by atoms with E-state index < -0.39 is 17.4 Å². The Labute approximate surface area is 142 Å². The number of nitrogens with one attached hydrogen (secondary N) is 1. The predicted octanol–water partition coefficient (Wildman–Crippen LogP) is 2.84. The Hall–Kier alpha value is -1.88. The van der Waals surface area contributed by atoms with Gasteiger partial charge in [-0.15, -0.1) is 0 Å². The van der Waals surface area contributed by atoms with E-state index in [4.69, 9.17) is 4.74 Å². The van der Waals surface area contributed by atoms with E-state index in [0.717, 1.165) is 24.8 Å². The molecule has 1 saturated carbocycles. The first-order valence-electron chi connectivity index (χ1n) is 8.73. The molecule has 0 radical (unpaired) electrons. The molecule has 0 aromatic heterocycles. The lowest BCUT2D eigenvalue weighted by molar-refractivity contribution is -0.147. The van der Waals surface area contributed by atoms with Gasteiger partial charge in [0, 0.05) is 0 Å². The Balaban J connectivity index is 1.68. The molecule has 130 valence electrons. The Kier molecular flexibility index (Phi) is 4.90. The maximum absolute atomic E-state index is 12.6. The van der Waals surface area contributed by atoms with E-state index in [0.29, 0.717) is 19.4 Å². The fraction of sp³-hybridized carbons (Fsp3) is 0.579. The van der Waals surface area contributed by atoms with Crippen LogP contribution < -0.4 is 5.32 Å². The predicted molar refractivity (Wildman–Crippen MR) is 89.6 cm³/mol. The molecule has 1 amide bonds. The first kappa shape index (κ1) is 17.0. The smallest absolute Gasteiger partial charge is 0.308 e. The van der Waals surface area contributed by atoms with Crippen LogP contribution in [-0.2, 0) is 20.7 Å². The molecule has 2 aliphatic rings. The summed E-state index contributed by atoms with van der Waals surface area (Å²) in [5, 5.41) is 12.5. The van der Waals surface area contributed by atoms with E-state index in [2.05, 4.69) is 11.4 Å². The zero-order valence-corrected chi connectivity index (χ0v) is 14.1. The minimum Gasteiger partial charge on any atom is -0.481 e. The average molecular weight is 331 g/mol. The van der Waals surface area contributed by atoms with E-state index in [1.807, 2.05) is 25.1 Å². The summed E-state index contributed by atoms with van der Waals surface area (Å²) >= 11 is 0. The van der Waals surface area contributed by atoms with Crippen molar-refractivity contribution in [3.05, 3.63) is 35.4 Å². The fourth-order valence-corrected chi connectivity index (χ4v) is 4.06. The lowest BCUT2D eigenvalue weighted by atomic mass is 9.73. The molecule has 5 heteroatoms. The van der Waals surface area contributed by atoms with Crippen molar-refractivity contribution < 1.29 is 19.4 Å². The van der Waals surface area contributed by atoms with Gasteiger partial charge in [0.15, 0.2) is 0 Å². The summed E-state index contributed by atoms with van der Waals surface area (Å²) in [4.78, 5) is 24.1. The van der Waals surface area contributed by atoms with Gasteiger partial charge >= 0.3 is 5.97 Å². The van der Waals surface area contributed by atoms with Gasteiger partial charge in [0.1, 0.15) is 0 Å². The number of carbonyl (C=O) groups is 2. The average Bonchev–Trinajstić information content (AvgIpc) is 2.54. The van der Waals surface area contributed by atoms with Crippen molar-refractivity contribution in [3.8, 4) is 0 Å². The summed E-state index contributed by atoms with van der Waals surface area (Å²) < 4.78 is 5.79. The third-order valence-electron chi connectivity index (χ3n) is 5.39. The molecule has 1 fully saturated rings. The number of aliphatic carboxylic acids is 1. The van der Waals surface area contributed by atoms with E-state index in [1.165, 1.54) is 5.56 Å². The molecule has 1 aromatic rings. The fourth-order valence-electron chi connectivity index (χ4n) is 4.06. The van der Waals surface area contributed by atoms with Crippen LogP contribution in [-0.4, -0.2) is 29.1 Å². The molecule has 3 rings (SSSR count). The summed E-state index contributed by atoms with van der Waals surface area (Å²) in [5.41, 5.74) is 1.63. The summed E-state index contributed by atoms with van der Waals surface area (Å²) in [6.07, 6.45) is 4.04. The number of carboxylic acids is 1. The minimum atomic E-state index is -0.822. The highest BCUT2D eigenvalue weighted by atomic mass is 16.5. The Morgan fingerprint density at radius 3 is 2.92 bits per heavy atom. The van der Waals surface area contributed by atoms with Crippen LogP contribution in [0.2, 0.25) is 0 Å². The van der Waals surface area contributed by atoms with Gasteiger partial charge < -0.3 is 15.2 Å². The number of rotatable bonds is 4. The van der Waals surface area contributed by atoms with Gasteiger partial charge in [-0.1, -0.05) is 37.1 Å². The molecular weight excluding hydrogens is 306 g/mol. The molecule has 2 N–H and O–H groups in total. The first-order valence-corrected chi connectivity index (χ1v) is 8.73. The number of amides is 1. The zero-order chi connectivity index (χ0) is 17.2. The van der Waals surface area contributed by atoms with Gasteiger partial charge in [-0.25, -0.2) is 0 Å². The van der Waals surface area contributed by atoms with Crippen molar-refractivity contribution in [3.63, 3.8) is 0 Å². The van der Waals surface area contributed by atoms with Crippen molar-refractivity contribution in [2.24, 2.45) is 5.92 Å². The van der Waals surface area contributed by atoms with Gasteiger partial charge in [-0.05, 0) is 37.3 Å². The van der Waals surface area contributed by atoms with Crippen molar-refractivity contribution >= 4 is 11.9 Å². The van der Waals surface area contributed by atoms with Crippen LogP contribution in [0.4, 0.5) is 0 Å². The topological polar surface area (TPSA) is 75.6 Å². The molecule has 1 aliphatic heterocycles. The van der Waals surface area contributed by atoms with Gasteiger partial charge in [0.2, 0.25) is 5.91 Å². The van der Waals surface area contributed by atoms with Crippen LogP contribution >= 0.6 is 0 Å². The zero-order valence-electron chi connectivity index (χ0n) is 14.1. The molecule has 1 aromatic carbocycles. The second kappa shape index (κ2) is 6.93. The molecule has 0 bridgehead atoms. The monoisotopic (exact) mass is 331 g/mol. The molecule has 0 spiro atoms. The first-order chi connectivity index (χ1) is 11.5. The third kappa shape index (κ3) is 3.46. The number of fused-ring (bicyclic) bond motifs is 1. The van der Waals surface area contributed by atoms with E-state index >= 15 is 0 Å².